The Kier molecular flexibility index (Phi) is 3.69. The molecular formula is C13H16N2O4. The van der Waals surface area contributed by atoms with Crippen LogP contribution in [0.2, 0.25) is 0 Å². The second-order valence-corrected chi connectivity index (χ2v) is 4.83. The predicted octanol–water partition coefficient (Wildman–Crippen LogP) is 0.368. The summed E-state index contributed by atoms with van der Waals surface area (Å²) in [4.78, 5) is 34.3. The molecule has 1 aromatic rings. The van der Waals surface area contributed by atoms with Gasteiger partial charge in [-0.3, -0.25) is 14.4 Å². The number of hydrogen-bond acceptors (Lipinski definition) is 3. The molecule has 2 N–H and O–H groups in total. The highest BCUT2D eigenvalue weighted by Crippen LogP contribution is 2.25. The van der Waals surface area contributed by atoms with E-state index in [1.54, 1.807) is 6.07 Å². The number of aromatic nitrogens is 1. The Morgan fingerprint density at radius 2 is 2.11 bits per heavy atom. The van der Waals surface area contributed by atoms with Crippen LogP contribution in [0.4, 0.5) is 0 Å². The van der Waals surface area contributed by atoms with Crippen molar-refractivity contribution in [2.24, 2.45) is 13.0 Å². The second kappa shape index (κ2) is 5.26. The number of rotatable bonds is 3. The Balaban J connectivity index is 2.04. The van der Waals surface area contributed by atoms with Crippen LogP contribution in [-0.2, 0) is 11.8 Å². The first kappa shape index (κ1) is 13.3. The predicted molar refractivity (Wildman–Crippen MR) is 67.9 cm³/mol. The summed E-state index contributed by atoms with van der Waals surface area (Å²) in [6, 6.07) is 4.35. The number of hydrogen-bond donors (Lipinski definition) is 2. The molecule has 1 saturated carbocycles. The Hall–Kier alpha value is -2.11. The van der Waals surface area contributed by atoms with Gasteiger partial charge in [0.1, 0.15) is 5.69 Å². The van der Waals surface area contributed by atoms with Gasteiger partial charge in [0.15, 0.2) is 0 Å². The van der Waals surface area contributed by atoms with Crippen LogP contribution in [0.1, 0.15) is 29.8 Å². The molecule has 0 unspecified atom stereocenters. The fraction of sp³-hybridized carbons (Fsp3) is 0.462. The Bertz CT molecular complexity index is 564. The van der Waals surface area contributed by atoms with Crippen LogP contribution >= 0.6 is 0 Å². The van der Waals surface area contributed by atoms with Gasteiger partial charge in [-0.05, 0) is 25.3 Å². The first-order valence-corrected chi connectivity index (χ1v) is 6.18. The van der Waals surface area contributed by atoms with Crippen molar-refractivity contribution in [3.8, 4) is 0 Å². The van der Waals surface area contributed by atoms with Gasteiger partial charge in [0.05, 0.1) is 5.92 Å². The van der Waals surface area contributed by atoms with Crippen molar-refractivity contribution in [3.05, 3.63) is 34.2 Å². The van der Waals surface area contributed by atoms with Gasteiger partial charge >= 0.3 is 5.97 Å². The minimum absolute atomic E-state index is 0.135. The fourth-order valence-corrected chi connectivity index (χ4v) is 2.39. The second-order valence-electron chi connectivity index (χ2n) is 4.83. The summed E-state index contributed by atoms with van der Waals surface area (Å²) < 4.78 is 1.28. The van der Waals surface area contributed by atoms with Crippen molar-refractivity contribution in [3.63, 3.8) is 0 Å². The molecule has 0 spiro atoms. The number of carbonyl (C=O) groups excluding carboxylic acids is 1. The van der Waals surface area contributed by atoms with Gasteiger partial charge in [0.25, 0.3) is 11.5 Å². The van der Waals surface area contributed by atoms with Crippen molar-refractivity contribution in [2.45, 2.75) is 25.3 Å². The third kappa shape index (κ3) is 2.83. The summed E-state index contributed by atoms with van der Waals surface area (Å²) >= 11 is 0. The molecule has 1 fully saturated rings. The summed E-state index contributed by atoms with van der Waals surface area (Å²) in [6.07, 6.45) is 1.68. The SMILES string of the molecule is Cn1c(C(=O)N[C@H]2CC[C@@H](C(=O)O)C2)cccc1=O. The number of carboxylic acid groups (broad SMARTS) is 1. The molecule has 2 atom stereocenters. The van der Waals surface area contributed by atoms with Crippen molar-refractivity contribution in [1.29, 1.82) is 0 Å². The first-order valence-electron chi connectivity index (χ1n) is 6.18. The van der Waals surface area contributed by atoms with E-state index >= 15 is 0 Å². The Labute approximate surface area is 110 Å². The normalized spacial score (nSPS) is 22.2. The van der Waals surface area contributed by atoms with E-state index in [0.717, 1.165) is 0 Å². The van der Waals surface area contributed by atoms with Gasteiger partial charge in [-0.2, -0.15) is 0 Å². The molecule has 2 rings (SSSR count). The third-order valence-electron chi connectivity index (χ3n) is 3.53. The fourth-order valence-electron chi connectivity index (χ4n) is 2.39. The van der Waals surface area contributed by atoms with Gasteiger partial charge in [0, 0.05) is 19.2 Å². The molecule has 1 amide bonds. The Morgan fingerprint density at radius 1 is 1.37 bits per heavy atom. The summed E-state index contributed by atoms with van der Waals surface area (Å²) in [5, 5.41) is 11.7. The molecule has 1 aromatic heterocycles. The van der Waals surface area contributed by atoms with Gasteiger partial charge in [-0.1, -0.05) is 6.07 Å². The number of aliphatic carboxylic acids is 1. The molecule has 19 heavy (non-hydrogen) atoms. The van der Waals surface area contributed by atoms with Crippen LogP contribution in [0.5, 0.6) is 0 Å². The van der Waals surface area contributed by atoms with E-state index in [1.165, 1.54) is 23.7 Å². The third-order valence-corrected chi connectivity index (χ3v) is 3.53. The maximum atomic E-state index is 12.0. The van der Waals surface area contributed by atoms with Crippen molar-refractivity contribution in [2.75, 3.05) is 0 Å². The van der Waals surface area contributed by atoms with E-state index < -0.39 is 5.97 Å². The first-order chi connectivity index (χ1) is 8.99. The van der Waals surface area contributed by atoms with E-state index in [9.17, 15) is 14.4 Å². The van der Waals surface area contributed by atoms with E-state index in [1.807, 2.05) is 0 Å². The number of nitrogens with zero attached hydrogens (tertiary/aromatic N) is 1. The van der Waals surface area contributed by atoms with Crippen LogP contribution in [0.3, 0.4) is 0 Å². The summed E-state index contributed by atoms with van der Waals surface area (Å²) in [6.45, 7) is 0. The quantitative estimate of drug-likeness (QED) is 0.825. The molecule has 0 aliphatic heterocycles. The summed E-state index contributed by atoms with van der Waals surface area (Å²) in [7, 11) is 1.53. The lowest BCUT2D eigenvalue weighted by atomic mass is 10.1. The highest BCUT2D eigenvalue weighted by Gasteiger charge is 2.30. The molecule has 1 aliphatic rings. The van der Waals surface area contributed by atoms with Crippen LogP contribution in [0.25, 0.3) is 0 Å². The lowest BCUT2D eigenvalue weighted by Gasteiger charge is -2.14. The van der Waals surface area contributed by atoms with Crippen LogP contribution in [-0.4, -0.2) is 27.6 Å². The van der Waals surface area contributed by atoms with Crippen LogP contribution in [0.15, 0.2) is 23.0 Å². The van der Waals surface area contributed by atoms with Gasteiger partial charge in [-0.25, -0.2) is 0 Å². The van der Waals surface area contributed by atoms with Crippen LogP contribution in [0, 0.1) is 5.92 Å². The molecule has 1 heterocycles. The van der Waals surface area contributed by atoms with Crippen molar-refractivity contribution in [1.82, 2.24) is 9.88 Å². The number of carboxylic acids is 1. The number of pyridine rings is 1. The van der Waals surface area contributed by atoms with Crippen molar-refractivity contribution < 1.29 is 14.7 Å². The molecule has 0 bridgehead atoms. The number of carbonyl (C=O) groups is 2. The minimum Gasteiger partial charge on any atom is -0.481 e. The van der Waals surface area contributed by atoms with Gasteiger partial charge < -0.3 is 15.0 Å². The molecule has 102 valence electrons. The molecule has 0 aromatic carbocycles. The monoisotopic (exact) mass is 264 g/mol. The average molecular weight is 264 g/mol. The highest BCUT2D eigenvalue weighted by molar-refractivity contribution is 5.92. The topological polar surface area (TPSA) is 88.4 Å². The van der Waals surface area contributed by atoms with E-state index in [4.69, 9.17) is 5.11 Å². The highest BCUT2D eigenvalue weighted by atomic mass is 16.4. The summed E-state index contributed by atoms with van der Waals surface area (Å²) in [5.74, 6) is -1.54. The van der Waals surface area contributed by atoms with Crippen LogP contribution < -0.4 is 10.9 Å². The van der Waals surface area contributed by atoms with E-state index in [0.29, 0.717) is 19.3 Å². The minimum atomic E-state index is -0.816. The largest absolute Gasteiger partial charge is 0.481 e. The van der Waals surface area contributed by atoms with E-state index in [-0.39, 0.29) is 29.1 Å². The molecule has 0 saturated heterocycles. The standard InChI is InChI=1S/C13H16N2O4/c1-15-10(3-2-4-11(15)16)12(17)14-9-6-5-8(7-9)13(18)19/h2-4,8-9H,5-7H2,1H3,(H,14,17)(H,18,19)/t8-,9+/m1/s1. The lowest BCUT2D eigenvalue weighted by Crippen LogP contribution is -2.36. The zero-order valence-electron chi connectivity index (χ0n) is 10.6. The zero-order valence-corrected chi connectivity index (χ0v) is 10.6. The van der Waals surface area contributed by atoms with Gasteiger partial charge in [0.2, 0.25) is 0 Å². The lowest BCUT2D eigenvalue weighted by molar-refractivity contribution is -0.141. The molecule has 6 nitrogen and oxygen atoms in total. The smallest absolute Gasteiger partial charge is 0.306 e. The average Bonchev–Trinajstić information content (AvgIpc) is 2.81. The molecule has 0 radical (unpaired) electrons. The van der Waals surface area contributed by atoms with Gasteiger partial charge in [-0.15, -0.1) is 0 Å². The maximum Gasteiger partial charge on any atom is 0.306 e. The Morgan fingerprint density at radius 3 is 2.74 bits per heavy atom. The molecule has 6 heteroatoms. The number of nitrogens with one attached hydrogen (secondary N) is 1. The van der Waals surface area contributed by atoms with E-state index in [2.05, 4.69) is 5.32 Å². The molecule has 1 aliphatic carbocycles. The maximum absolute atomic E-state index is 12.0. The zero-order chi connectivity index (χ0) is 14.0. The molecular weight excluding hydrogens is 248 g/mol. The number of amides is 1. The van der Waals surface area contributed by atoms with Crippen molar-refractivity contribution >= 4 is 11.9 Å². The summed E-state index contributed by atoms with van der Waals surface area (Å²) in [5.41, 5.74) is 0.0359.